The molecule has 0 fully saturated rings. The Morgan fingerprint density at radius 1 is 0.614 bits per heavy atom. The summed E-state index contributed by atoms with van der Waals surface area (Å²) < 4.78 is 34.2. The summed E-state index contributed by atoms with van der Waals surface area (Å²) in [5, 5.41) is 9.74. The van der Waals surface area contributed by atoms with Gasteiger partial charge in [-0.2, -0.15) is 0 Å². The van der Waals surface area contributed by atoms with Gasteiger partial charge in [-0.25, -0.2) is 4.57 Å². The lowest BCUT2D eigenvalue weighted by molar-refractivity contribution is -0.870. The monoisotopic (exact) mass is 825 g/mol. The van der Waals surface area contributed by atoms with Crippen LogP contribution in [0.4, 0.5) is 0 Å². The minimum Gasteiger partial charge on any atom is -0.462 e. The Bertz CT molecular complexity index is 1170. The van der Waals surface area contributed by atoms with E-state index in [0.29, 0.717) is 36.7 Å². The topological polar surface area (TPSA) is 129 Å². The molecule has 0 aliphatic carbocycles. The summed E-state index contributed by atoms with van der Waals surface area (Å²) in [6.07, 6.45) is 41.9. The highest BCUT2D eigenvalue weighted by Gasteiger charge is 2.27. The Morgan fingerprint density at radius 3 is 1.72 bits per heavy atom. The molecule has 0 radical (unpaired) electrons. The molecule has 0 heterocycles. The molecule has 330 valence electrons. The molecule has 57 heavy (non-hydrogen) atoms. The fourth-order valence-corrected chi connectivity index (χ4v) is 6.34. The molecule has 3 atom stereocenters. The first kappa shape index (κ1) is 54.7. The van der Waals surface area contributed by atoms with Gasteiger partial charge in [0.15, 0.2) is 6.10 Å². The van der Waals surface area contributed by atoms with Crippen LogP contribution in [0, 0.1) is 0 Å². The lowest BCUT2D eigenvalue weighted by atomic mass is 10.1. The third-order valence-corrected chi connectivity index (χ3v) is 10.1. The van der Waals surface area contributed by atoms with Gasteiger partial charge < -0.3 is 24.0 Å². The maximum atomic E-state index is 12.7. The lowest BCUT2D eigenvalue weighted by Crippen LogP contribution is -2.37. The lowest BCUT2D eigenvalue weighted by Gasteiger charge is -2.24. The molecule has 0 saturated heterocycles. The number of esters is 2. The van der Waals surface area contributed by atoms with E-state index in [1.54, 1.807) is 0 Å². The molecule has 0 amide bonds. The number of likely N-dealkylation sites (N-methyl/N-ethyl adjacent to an activating group) is 1. The third-order valence-electron chi connectivity index (χ3n) is 9.08. The van der Waals surface area contributed by atoms with E-state index in [0.717, 1.165) is 64.2 Å². The van der Waals surface area contributed by atoms with Crippen LogP contribution in [-0.2, 0) is 32.7 Å². The molecular formula is C46H83NO9P+. The molecule has 0 saturated carbocycles. The molecule has 2 unspecified atom stereocenters. The van der Waals surface area contributed by atoms with E-state index < -0.39 is 32.5 Å². The fourth-order valence-electron chi connectivity index (χ4n) is 5.60. The number of rotatable bonds is 39. The van der Waals surface area contributed by atoms with Crippen LogP contribution in [0.2, 0.25) is 0 Å². The number of carbonyl (C=O) groups is 2. The molecule has 11 heteroatoms. The number of ether oxygens (including phenoxy) is 2. The predicted octanol–water partition coefficient (Wildman–Crippen LogP) is 11.4. The fraction of sp³-hybridized carbons (Fsp3) is 0.739. The van der Waals surface area contributed by atoms with Crippen molar-refractivity contribution in [1.82, 2.24) is 0 Å². The smallest absolute Gasteiger partial charge is 0.462 e. The van der Waals surface area contributed by atoms with Gasteiger partial charge in [0.25, 0.3) is 0 Å². The number of carbonyl (C=O) groups excluding carboxylic acids is 2. The van der Waals surface area contributed by atoms with Crippen LogP contribution in [0.3, 0.4) is 0 Å². The van der Waals surface area contributed by atoms with Crippen LogP contribution in [0.1, 0.15) is 162 Å². The maximum Gasteiger partial charge on any atom is 0.472 e. The average Bonchev–Trinajstić information content (AvgIpc) is 3.15. The number of aliphatic hydroxyl groups excluding tert-OH is 1. The molecule has 0 aromatic carbocycles. The summed E-state index contributed by atoms with van der Waals surface area (Å²) in [5.74, 6) is -0.898. The molecule has 0 bridgehead atoms. The number of hydrogen-bond donors (Lipinski definition) is 2. The zero-order valence-electron chi connectivity index (χ0n) is 36.7. The summed E-state index contributed by atoms with van der Waals surface area (Å²) in [5.41, 5.74) is 0. The number of allylic oxidation sites excluding steroid dienone is 9. The Balaban J connectivity index is 4.50. The molecule has 0 aliphatic heterocycles. The third kappa shape index (κ3) is 41.6. The molecular weight excluding hydrogens is 741 g/mol. The quantitative estimate of drug-likeness (QED) is 0.0205. The summed E-state index contributed by atoms with van der Waals surface area (Å²) >= 11 is 0. The molecule has 0 aromatic rings. The van der Waals surface area contributed by atoms with Crippen LogP contribution >= 0.6 is 7.82 Å². The van der Waals surface area contributed by atoms with E-state index in [4.69, 9.17) is 18.5 Å². The van der Waals surface area contributed by atoms with Gasteiger partial charge in [-0.15, -0.1) is 0 Å². The first-order valence-electron chi connectivity index (χ1n) is 22.1. The van der Waals surface area contributed by atoms with Gasteiger partial charge in [-0.05, 0) is 77.0 Å². The van der Waals surface area contributed by atoms with Crippen LogP contribution < -0.4 is 0 Å². The van der Waals surface area contributed by atoms with E-state index in [2.05, 4.69) is 62.5 Å². The Morgan fingerprint density at radius 2 is 1.12 bits per heavy atom. The first-order chi connectivity index (χ1) is 27.4. The van der Waals surface area contributed by atoms with Gasteiger partial charge in [-0.3, -0.25) is 18.6 Å². The number of hydrogen-bond acceptors (Lipinski definition) is 8. The number of aliphatic hydroxyl groups is 1. The molecule has 2 N–H and O–H groups in total. The van der Waals surface area contributed by atoms with Crippen LogP contribution in [0.25, 0.3) is 0 Å². The predicted molar refractivity (Wildman–Crippen MR) is 235 cm³/mol. The zero-order chi connectivity index (χ0) is 42.3. The number of nitrogens with zero attached hydrogens (tertiary/aromatic N) is 1. The highest BCUT2D eigenvalue weighted by Crippen LogP contribution is 2.43. The molecule has 10 nitrogen and oxygen atoms in total. The van der Waals surface area contributed by atoms with E-state index in [1.807, 2.05) is 33.3 Å². The SMILES string of the molecule is CCCCCCCC/C=C\CCCCCCCC(=O)OC[C@H](COP(=O)(O)OCC[N+](C)(C)C)OC(=O)CCC/C=C\C/C=C\C/C=C\C/C=C\CC(O)CCC. The van der Waals surface area contributed by atoms with Crippen LogP contribution in [0.5, 0.6) is 0 Å². The number of unbranched alkanes of at least 4 members (excludes halogenated alkanes) is 12. The molecule has 0 aliphatic rings. The van der Waals surface area contributed by atoms with Crippen molar-refractivity contribution < 1.29 is 47.2 Å². The van der Waals surface area contributed by atoms with Crippen LogP contribution in [0.15, 0.2) is 60.8 Å². The van der Waals surface area contributed by atoms with Crippen molar-refractivity contribution in [3.8, 4) is 0 Å². The average molecular weight is 825 g/mol. The van der Waals surface area contributed by atoms with Crippen molar-refractivity contribution in [2.45, 2.75) is 174 Å². The molecule has 0 spiro atoms. The van der Waals surface area contributed by atoms with E-state index in [1.165, 1.54) is 44.9 Å². The summed E-state index contributed by atoms with van der Waals surface area (Å²) in [4.78, 5) is 35.3. The Labute approximate surface area is 348 Å². The highest BCUT2D eigenvalue weighted by molar-refractivity contribution is 7.47. The van der Waals surface area contributed by atoms with Gasteiger partial charge in [0.05, 0.1) is 33.9 Å². The van der Waals surface area contributed by atoms with Crippen molar-refractivity contribution in [2.24, 2.45) is 0 Å². The number of phosphoric ester groups is 1. The summed E-state index contributed by atoms with van der Waals surface area (Å²) in [6, 6.07) is 0. The highest BCUT2D eigenvalue weighted by atomic mass is 31.2. The second kappa shape index (κ2) is 37.9. The van der Waals surface area contributed by atoms with Gasteiger partial charge in [-0.1, -0.05) is 132 Å². The summed E-state index contributed by atoms with van der Waals surface area (Å²) in [7, 11) is 1.41. The Kier molecular flexibility index (Phi) is 36.4. The van der Waals surface area contributed by atoms with Crippen molar-refractivity contribution in [3.63, 3.8) is 0 Å². The van der Waals surface area contributed by atoms with Gasteiger partial charge >= 0.3 is 19.8 Å². The largest absolute Gasteiger partial charge is 0.472 e. The second-order valence-electron chi connectivity index (χ2n) is 15.9. The minimum atomic E-state index is -4.40. The van der Waals surface area contributed by atoms with Crippen molar-refractivity contribution in [2.75, 3.05) is 47.5 Å². The van der Waals surface area contributed by atoms with Crippen LogP contribution in [-0.4, -0.2) is 86.1 Å². The van der Waals surface area contributed by atoms with E-state index in [9.17, 15) is 24.2 Å². The number of phosphoric acid groups is 1. The first-order valence-corrected chi connectivity index (χ1v) is 23.6. The van der Waals surface area contributed by atoms with E-state index in [-0.39, 0.29) is 32.2 Å². The van der Waals surface area contributed by atoms with Gasteiger partial charge in [0, 0.05) is 12.8 Å². The Hall–Kier alpha value is -2.33. The van der Waals surface area contributed by atoms with Crippen molar-refractivity contribution in [3.05, 3.63) is 60.8 Å². The standard InChI is InChI=1S/C46H82NO9P/c1-6-8-9-10-11-12-13-14-15-18-21-24-27-30-33-37-45(49)53-41-44(42-55-57(51,52)54-40-39-47(3,4)5)56-46(50)38-34-31-28-25-22-19-16-17-20-23-26-29-32-36-43(48)35-7-2/h14-16,19-20,23,25,28-29,32,43-44,48H,6-13,17-18,21-22,24,26-27,30-31,33-42H2,1-5H3/p+1/b15-14-,19-16-,23-20-,28-25-,32-29-/t43?,44-/m1/s1. The minimum absolute atomic E-state index is 0.0111. The van der Waals surface area contributed by atoms with Gasteiger partial charge in [0.1, 0.15) is 19.8 Å². The second-order valence-corrected chi connectivity index (χ2v) is 17.4. The normalized spacial score (nSPS) is 14.7. The number of quaternary nitrogens is 1. The molecule has 0 aromatic heterocycles. The molecule has 0 rings (SSSR count). The zero-order valence-corrected chi connectivity index (χ0v) is 37.6. The van der Waals surface area contributed by atoms with Gasteiger partial charge in [0.2, 0.25) is 0 Å². The van der Waals surface area contributed by atoms with Crippen molar-refractivity contribution >= 4 is 19.8 Å². The maximum absolute atomic E-state index is 12.7. The summed E-state index contributed by atoms with van der Waals surface area (Å²) in [6.45, 7) is 4.12. The van der Waals surface area contributed by atoms with E-state index >= 15 is 0 Å². The van der Waals surface area contributed by atoms with Crippen molar-refractivity contribution in [1.29, 1.82) is 0 Å².